The van der Waals surface area contributed by atoms with Crippen molar-refractivity contribution in [2.75, 3.05) is 0 Å². The lowest BCUT2D eigenvalue weighted by Gasteiger charge is -2.32. The summed E-state index contributed by atoms with van der Waals surface area (Å²) in [6.07, 6.45) is 4.29. The van der Waals surface area contributed by atoms with Gasteiger partial charge in [0.1, 0.15) is 0 Å². The largest absolute Gasteiger partial charge is 0.289 e. The molecule has 3 heteroatoms. The molecule has 2 heterocycles. The van der Waals surface area contributed by atoms with E-state index in [1.807, 2.05) is 0 Å². The van der Waals surface area contributed by atoms with Gasteiger partial charge in [-0.05, 0) is 76.4 Å². The van der Waals surface area contributed by atoms with E-state index in [1.54, 1.807) is 22.7 Å². The van der Waals surface area contributed by atoms with Crippen molar-refractivity contribution in [2.45, 2.75) is 55.4 Å². The van der Waals surface area contributed by atoms with E-state index in [1.165, 1.54) is 26.5 Å². The van der Waals surface area contributed by atoms with Crippen LogP contribution in [0.4, 0.5) is 0 Å². The molecule has 1 nitrogen and oxygen atoms in total. The second kappa shape index (κ2) is 7.27. The second-order valence-corrected chi connectivity index (χ2v) is 11.5. The molecule has 3 rings (SSSR count). The smallest absolute Gasteiger partial charge is 0.186 e. The number of rotatable bonds is 2. The fourth-order valence-electron chi connectivity index (χ4n) is 3.51. The van der Waals surface area contributed by atoms with Crippen LogP contribution in [0.5, 0.6) is 0 Å². The van der Waals surface area contributed by atoms with Gasteiger partial charge in [-0.15, -0.1) is 22.7 Å². The monoisotopic (exact) mass is 410 g/mol. The van der Waals surface area contributed by atoms with E-state index in [0.717, 1.165) is 16.7 Å². The summed E-state index contributed by atoms with van der Waals surface area (Å²) < 4.78 is 0. The van der Waals surface area contributed by atoms with Gasteiger partial charge in [-0.3, -0.25) is 4.79 Å². The molecule has 0 aromatic carbocycles. The Balaban J connectivity index is 2.41. The van der Waals surface area contributed by atoms with Gasteiger partial charge in [-0.2, -0.15) is 0 Å². The van der Waals surface area contributed by atoms with Crippen LogP contribution in [-0.4, -0.2) is 5.78 Å². The SMILES string of the molecule is Cc1ccsc1C(=C1C=C(C(C)(C)C)C(=O)C(C(C)(C)C)=C1)c1sccc1C. The predicted octanol–water partition coefficient (Wildman–Crippen LogP) is 7.76. The van der Waals surface area contributed by atoms with Gasteiger partial charge in [-0.1, -0.05) is 41.5 Å². The number of thiophene rings is 2. The molecule has 0 bridgehead atoms. The number of carbonyl (C=O) groups is 1. The fraction of sp³-hybridized carbons (Fsp3) is 0.400. The molecule has 0 aliphatic heterocycles. The molecule has 0 spiro atoms. The van der Waals surface area contributed by atoms with Crippen molar-refractivity contribution in [3.05, 3.63) is 72.6 Å². The molecule has 0 unspecified atom stereocenters. The summed E-state index contributed by atoms with van der Waals surface area (Å²) in [4.78, 5) is 15.9. The van der Waals surface area contributed by atoms with Gasteiger partial charge in [0.2, 0.25) is 0 Å². The molecule has 148 valence electrons. The molecule has 2 aromatic rings. The maximum atomic E-state index is 13.3. The Morgan fingerprint density at radius 2 is 1.14 bits per heavy atom. The molecule has 0 fully saturated rings. The summed E-state index contributed by atoms with van der Waals surface area (Å²) in [6, 6.07) is 4.36. The quantitative estimate of drug-likeness (QED) is 0.494. The molecule has 28 heavy (non-hydrogen) atoms. The Hall–Kier alpha value is -1.71. The fourth-order valence-corrected chi connectivity index (χ4v) is 5.57. The van der Waals surface area contributed by atoms with E-state index in [9.17, 15) is 4.79 Å². The molecule has 0 saturated heterocycles. The summed E-state index contributed by atoms with van der Waals surface area (Å²) in [6.45, 7) is 17.1. The van der Waals surface area contributed by atoms with E-state index in [-0.39, 0.29) is 16.6 Å². The van der Waals surface area contributed by atoms with Crippen LogP contribution >= 0.6 is 22.7 Å². The summed E-state index contributed by atoms with van der Waals surface area (Å²) in [7, 11) is 0. The molecule has 0 N–H and O–H groups in total. The minimum Gasteiger partial charge on any atom is -0.289 e. The standard InChI is InChI=1S/C25H30OS2/c1-15-9-11-27-22(15)20(23-16(2)10-12-28-23)17-13-18(24(3,4)5)21(26)19(14-17)25(6,7)8/h9-14H,1-8H3. The van der Waals surface area contributed by atoms with E-state index >= 15 is 0 Å². The topological polar surface area (TPSA) is 17.1 Å². The van der Waals surface area contributed by atoms with Gasteiger partial charge in [0.05, 0.1) is 0 Å². The van der Waals surface area contributed by atoms with Gasteiger partial charge in [0.15, 0.2) is 5.78 Å². The molecule has 1 aliphatic carbocycles. The van der Waals surface area contributed by atoms with Crippen LogP contribution in [0.25, 0.3) is 5.57 Å². The number of hydrogen-bond acceptors (Lipinski definition) is 3. The second-order valence-electron chi connectivity index (χ2n) is 9.64. The van der Waals surface area contributed by atoms with Gasteiger partial charge < -0.3 is 0 Å². The lowest BCUT2D eigenvalue weighted by Crippen LogP contribution is -2.28. The Kier molecular flexibility index (Phi) is 5.46. The maximum Gasteiger partial charge on any atom is 0.186 e. The first-order chi connectivity index (χ1) is 12.9. The van der Waals surface area contributed by atoms with Crippen LogP contribution in [0.1, 0.15) is 62.4 Å². The zero-order valence-electron chi connectivity index (χ0n) is 18.2. The average molecular weight is 411 g/mol. The van der Waals surface area contributed by atoms with Crippen molar-refractivity contribution >= 4 is 34.0 Å². The number of hydrogen-bond donors (Lipinski definition) is 0. The number of Topliss-reactive ketones (excluding diaryl/α,β-unsaturated/α-hetero) is 1. The molecule has 1 aliphatic rings. The Morgan fingerprint density at radius 3 is 1.43 bits per heavy atom. The normalized spacial score (nSPS) is 15.6. The van der Waals surface area contributed by atoms with Crippen molar-refractivity contribution in [2.24, 2.45) is 10.8 Å². The molecule has 0 atom stereocenters. The number of allylic oxidation sites excluding steroid dienone is 5. The summed E-state index contributed by atoms with van der Waals surface area (Å²) >= 11 is 3.56. The Labute approximate surface area is 177 Å². The van der Waals surface area contributed by atoms with Crippen LogP contribution in [-0.2, 0) is 4.79 Å². The molecule has 2 aromatic heterocycles. The maximum absolute atomic E-state index is 13.3. The van der Waals surface area contributed by atoms with Crippen molar-refractivity contribution in [3.8, 4) is 0 Å². The highest BCUT2D eigenvalue weighted by Gasteiger charge is 2.35. The van der Waals surface area contributed by atoms with E-state index in [0.29, 0.717) is 0 Å². The highest BCUT2D eigenvalue weighted by Crippen LogP contribution is 2.44. The third-order valence-corrected chi connectivity index (χ3v) is 7.24. The first-order valence-electron chi connectivity index (χ1n) is 9.73. The summed E-state index contributed by atoms with van der Waals surface area (Å²) in [5.74, 6) is 0.189. The predicted molar refractivity (Wildman–Crippen MR) is 124 cm³/mol. The molecular formula is C25H30OS2. The first kappa shape index (κ1) is 21.0. The summed E-state index contributed by atoms with van der Waals surface area (Å²) in [5, 5.41) is 4.32. The van der Waals surface area contributed by atoms with Crippen molar-refractivity contribution in [1.29, 1.82) is 0 Å². The van der Waals surface area contributed by atoms with Crippen LogP contribution in [0.2, 0.25) is 0 Å². The van der Waals surface area contributed by atoms with Gasteiger partial charge in [0.25, 0.3) is 0 Å². The van der Waals surface area contributed by atoms with Gasteiger partial charge in [0, 0.05) is 26.5 Å². The zero-order valence-corrected chi connectivity index (χ0v) is 19.8. The van der Waals surface area contributed by atoms with Gasteiger partial charge in [-0.25, -0.2) is 0 Å². The lowest BCUT2D eigenvalue weighted by atomic mass is 9.71. The molecule has 0 saturated carbocycles. The van der Waals surface area contributed by atoms with E-state index in [2.05, 4.69) is 90.4 Å². The third kappa shape index (κ3) is 3.88. The lowest BCUT2D eigenvalue weighted by molar-refractivity contribution is -0.114. The van der Waals surface area contributed by atoms with Crippen molar-refractivity contribution < 1.29 is 4.79 Å². The highest BCUT2D eigenvalue weighted by atomic mass is 32.1. The first-order valence-corrected chi connectivity index (χ1v) is 11.5. The third-order valence-electron chi connectivity index (χ3n) is 5.17. The van der Waals surface area contributed by atoms with E-state index < -0.39 is 0 Å². The molecule has 0 radical (unpaired) electrons. The molecular weight excluding hydrogens is 380 g/mol. The number of aryl methyl sites for hydroxylation is 2. The van der Waals surface area contributed by atoms with E-state index in [4.69, 9.17) is 0 Å². The van der Waals surface area contributed by atoms with Crippen LogP contribution < -0.4 is 0 Å². The average Bonchev–Trinajstić information content (AvgIpc) is 3.16. The highest BCUT2D eigenvalue weighted by molar-refractivity contribution is 7.14. The van der Waals surface area contributed by atoms with Crippen LogP contribution in [0, 0.1) is 24.7 Å². The summed E-state index contributed by atoms with van der Waals surface area (Å²) in [5.41, 5.74) is 6.39. The Morgan fingerprint density at radius 1 is 0.750 bits per heavy atom. The minimum absolute atomic E-state index is 0.189. The van der Waals surface area contributed by atoms with Crippen LogP contribution in [0.3, 0.4) is 0 Å². The minimum atomic E-state index is -0.201. The molecule has 0 amide bonds. The van der Waals surface area contributed by atoms with Crippen LogP contribution in [0.15, 0.2) is 51.8 Å². The van der Waals surface area contributed by atoms with Crippen molar-refractivity contribution in [3.63, 3.8) is 0 Å². The number of carbonyl (C=O) groups excluding carboxylic acids is 1. The Bertz CT molecular complexity index is 929. The zero-order chi connectivity index (χ0) is 20.9. The van der Waals surface area contributed by atoms with Gasteiger partial charge >= 0.3 is 0 Å². The van der Waals surface area contributed by atoms with Crippen molar-refractivity contribution in [1.82, 2.24) is 0 Å². The number of ketones is 1.